The van der Waals surface area contributed by atoms with Gasteiger partial charge in [-0.2, -0.15) is 0 Å². The fourth-order valence-corrected chi connectivity index (χ4v) is 1.69. The third-order valence-electron chi connectivity index (χ3n) is 2.40. The first-order chi connectivity index (χ1) is 7.60. The Morgan fingerprint density at radius 1 is 1.29 bits per heavy atom. The monoisotopic (exact) mass is 265 g/mol. The van der Waals surface area contributed by atoms with Crippen molar-refractivity contribution in [1.82, 2.24) is 0 Å². The van der Waals surface area contributed by atoms with Crippen LogP contribution in [0.1, 0.15) is 27.2 Å². The number of carbonyl (C=O) groups is 2. The van der Waals surface area contributed by atoms with Crippen LogP contribution in [0.15, 0.2) is 0 Å². The second-order valence-electron chi connectivity index (χ2n) is 4.34. The highest BCUT2D eigenvalue weighted by molar-refractivity contribution is 7.92. The van der Waals surface area contributed by atoms with E-state index < -0.39 is 38.7 Å². The van der Waals surface area contributed by atoms with Gasteiger partial charge < -0.3 is 14.6 Å². The minimum atomic E-state index is -3.77. The zero-order valence-electron chi connectivity index (χ0n) is 10.2. The molecule has 0 fully saturated rings. The van der Waals surface area contributed by atoms with Gasteiger partial charge in [-0.3, -0.25) is 4.79 Å². The Bertz CT molecular complexity index is 382. The van der Waals surface area contributed by atoms with Crippen LogP contribution in [0.4, 0.5) is 0 Å². The standard InChI is InChI=1S/C10H18O6S/c1-4-10(2,3)9(13)16-5-6-17(14,15)7-8(11)12/h4-7H2,1-3H3,(H,11,12)/p-1. The van der Waals surface area contributed by atoms with E-state index in [9.17, 15) is 23.1 Å². The summed E-state index contributed by atoms with van der Waals surface area (Å²) < 4.78 is 27.0. The molecule has 0 unspecified atom stereocenters. The summed E-state index contributed by atoms with van der Waals surface area (Å²) in [6, 6.07) is 0. The Balaban J connectivity index is 4.17. The summed E-state index contributed by atoms with van der Waals surface area (Å²) in [6.45, 7) is 4.85. The van der Waals surface area contributed by atoms with Gasteiger partial charge in [-0.1, -0.05) is 6.92 Å². The zero-order valence-corrected chi connectivity index (χ0v) is 11.0. The Labute approximate surface area is 101 Å². The van der Waals surface area contributed by atoms with Gasteiger partial charge in [0.25, 0.3) is 0 Å². The van der Waals surface area contributed by atoms with Gasteiger partial charge >= 0.3 is 5.97 Å². The van der Waals surface area contributed by atoms with Crippen LogP contribution in [0.2, 0.25) is 0 Å². The lowest BCUT2D eigenvalue weighted by atomic mass is 9.91. The van der Waals surface area contributed by atoms with Crippen molar-refractivity contribution in [3.8, 4) is 0 Å². The summed E-state index contributed by atoms with van der Waals surface area (Å²) in [4.78, 5) is 21.6. The molecule has 0 saturated carbocycles. The van der Waals surface area contributed by atoms with Gasteiger partial charge in [-0.25, -0.2) is 8.42 Å². The van der Waals surface area contributed by atoms with Crippen molar-refractivity contribution in [2.24, 2.45) is 5.41 Å². The van der Waals surface area contributed by atoms with Gasteiger partial charge in [0.1, 0.15) is 6.61 Å². The quantitative estimate of drug-likeness (QED) is 0.555. The normalized spacial score (nSPS) is 12.2. The molecule has 0 aliphatic heterocycles. The van der Waals surface area contributed by atoms with Crippen molar-refractivity contribution in [3.05, 3.63) is 0 Å². The summed E-state index contributed by atoms with van der Waals surface area (Å²) in [5, 5.41) is 10.1. The van der Waals surface area contributed by atoms with Gasteiger partial charge in [-0.15, -0.1) is 0 Å². The fraction of sp³-hybridized carbons (Fsp3) is 0.800. The number of ether oxygens (including phenoxy) is 1. The van der Waals surface area contributed by atoms with Gasteiger partial charge in [0, 0.05) is 0 Å². The van der Waals surface area contributed by atoms with Crippen molar-refractivity contribution < 1.29 is 27.9 Å². The first kappa shape index (κ1) is 15.9. The van der Waals surface area contributed by atoms with E-state index in [-0.39, 0.29) is 6.61 Å². The maximum absolute atomic E-state index is 11.5. The van der Waals surface area contributed by atoms with E-state index in [1.165, 1.54) is 0 Å². The molecule has 0 aromatic heterocycles. The lowest BCUT2D eigenvalue weighted by Gasteiger charge is -2.20. The molecule has 0 spiro atoms. The van der Waals surface area contributed by atoms with Gasteiger partial charge in [-0.05, 0) is 20.3 Å². The van der Waals surface area contributed by atoms with Crippen LogP contribution in [0.25, 0.3) is 0 Å². The van der Waals surface area contributed by atoms with Gasteiger partial charge in [0.15, 0.2) is 9.84 Å². The summed E-state index contributed by atoms with van der Waals surface area (Å²) >= 11 is 0. The molecule has 100 valence electrons. The molecule has 0 bridgehead atoms. The van der Waals surface area contributed by atoms with E-state index >= 15 is 0 Å². The lowest BCUT2D eigenvalue weighted by Crippen LogP contribution is -2.33. The fourth-order valence-electron chi connectivity index (χ4n) is 0.853. The third-order valence-corrected chi connectivity index (χ3v) is 3.87. The average Bonchev–Trinajstić information content (AvgIpc) is 2.15. The predicted octanol–water partition coefficient (Wildman–Crippen LogP) is -0.869. The molecular weight excluding hydrogens is 248 g/mol. The number of sulfone groups is 1. The molecule has 0 aromatic rings. The number of rotatable bonds is 7. The number of hydrogen-bond acceptors (Lipinski definition) is 6. The Morgan fingerprint density at radius 3 is 2.24 bits per heavy atom. The van der Waals surface area contributed by atoms with Crippen molar-refractivity contribution in [3.63, 3.8) is 0 Å². The third kappa shape index (κ3) is 6.25. The van der Waals surface area contributed by atoms with E-state index in [2.05, 4.69) is 0 Å². The Hall–Kier alpha value is -1.11. The molecular formula is C10H17O6S-. The summed E-state index contributed by atoms with van der Waals surface area (Å²) in [5.74, 6) is -3.72. The lowest BCUT2D eigenvalue weighted by molar-refractivity contribution is -0.301. The number of hydrogen-bond donors (Lipinski definition) is 0. The summed E-state index contributed by atoms with van der Waals surface area (Å²) in [6.07, 6.45) is 0.567. The van der Waals surface area contributed by atoms with Crippen LogP contribution in [-0.2, 0) is 24.2 Å². The van der Waals surface area contributed by atoms with Crippen LogP contribution in [0.3, 0.4) is 0 Å². The molecule has 0 saturated heterocycles. The smallest absolute Gasteiger partial charge is 0.311 e. The molecule has 0 aromatic carbocycles. The maximum atomic E-state index is 11.5. The van der Waals surface area contributed by atoms with Gasteiger partial charge in [0.2, 0.25) is 0 Å². The molecule has 0 amide bonds. The van der Waals surface area contributed by atoms with Crippen molar-refractivity contribution >= 4 is 21.8 Å². The second kappa shape index (κ2) is 6.00. The van der Waals surface area contributed by atoms with E-state index in [4.69, 9.17) is 4.74 Å². The van der Waals surface area contributed by atoms with E-state index in [1.54, 1.807) is 13.8 Å². The minimum absolute atomic E-state index is 0.335. The topological polar surface area (TPSA) is 101 Å². The van der Waals surface area contributed by atoms with Crippen LogP contribution in [-0.4, -0.2) is 38.5 Å². The summed E-state index contributed by atoms with van der Waals surface area (Å²) in [5.41, 5.74) is -0.669. The predicted molar refractivity (Wildman–Crippen MR) is 58.7 cm³/mol. The maximum Gasteiger partial charge on any atom is 0.311 e. The van der Waals surface area contributed by atoms with E-state index in [1.807, 2.05) is 6.92 Å². The van der Waals surface area contributed by atoms with Crippen LogP contribution < -0.4 is 5.11 Å². The number of aliphatic carboxylic acids is 1. The number of esters is 1. The van der Waals surface area contributed by atoms with E-state index in [0.29, 0.717) is 6.42 Å². The molecule has 17 heavy (non-hydrogen) atoms. The van der Waals surface area contributed by atoms with Crippen molar-refractivity contribution in [1.29, 1.82) is 0 Å². The van der Waals surface area contributed by atoms with Crippen LogP contribution in [0, 0.1) is 5.41 Å². The largest absolute Gasteiger partial charge is 0.549 e. The van der Waals surface area contributed by atoms with Crippen LogP contribution in [0.5, 0.6) is 0 Å². The summed E-state index contributed by atoms with van der Waals surface area (Å²) in [7, 11) is -3.77. The number of carboxylic acid groups (broad SMARTS) is 1. The average molecular weight is 265 g/mol. The van der Waals surface area contributed by atoms with E-state index in [0.717, 1.165) is 0 Å². The highest BCUT2D eigenvalue weighted by Crippen LogP contribution is 2.21. The molecule has 0 atom stereocenters. The molecule has 0 aliphatic rings. The number of carboxylic acids is 1. The van der Waals surface area contributed by atoms with Gasteiger partial charge in [0.05, 0.1) is 22.9 Å². The zero-order chi connectivity index (χ0) is 13.7. The Kier molecular flexibility index (Phi) is 5.60. The molecule has 0 rings (SSSR count). The highest BCUT2D eigenvalue weighted by Gasteiger charge is 2.27. The Morgan fingerprint density at radius 2 is 1.82 bits per heavy atom. The minimum Gasteiger partial charge on any atom is -0.549 e. The first-order valence-electron chi connectivity index (χ1n) is 5.18. The van der Waals surface area contributed by atoms with Crippen molar-refractivity contribution in [2.45, 2.75) is 27.2 Å². The molecule has 6 nitrogen and oxygen atoms in total. The molecule has 0 radical (unpaired) electrons. The van der Waals surface area contributed by atoms with Crippen molar-refractivity contribution in [2.75, 3.05) is 18.1 Å². The highest BCUT2D eigenvalue weighted by atomic mass is 32.2. The molecule has 0 N–H and O–H groups in total. The molecule has 0 heterocycles. The number of carbonyl (C=O) groups excluding carboxylic acids is 2. The van der Waals surface area contributed by atoms with Crippen LogP contribution >= 0.6 is 0 Å². The molecule has 7 heteroatoms. The SMILES string of the molecule is CCC(C)(C)C(=O)OCCS(=O)(=O)CC(=O)[O-]. The first-order valence-corrected chi connectivity index (χ1v) is 7.00. The second-order valence-corrected chi connectivity index (χ2v) is 6.52. The molecule has 0 aliphatic carbocycles.